The maximum Gasteiger partial charge on any atom is 0.255 e. The molecule has 4 heteroatoms. The van der Waals surface area contributed by atoms with Gasteiger partial charge >= 0.3 is 0 Å². The highest BCUT2D eigenvalue weighted by atomic mass is 16.1. The van der Waals surface area contributed by atoms with Gasteiger partial charge in [-0.05, 0) is 73.5 Å². The first kappa shape index (κ1) is 18.6. The van der Waals surface area contributed by atoms with E-state index < -0.39 is 0 Å². The Morgan fingerprint density at radius 2 is 1.40 bits per heavy atom. The lowest BCUT2D eigenvalue weighted by Crippen LogP contribution is -2.37. The van der Waals surface area contributed by atoms with E-state index in [4.69, 9.17) is 0 Å². The first-order valence-electron chi connectivity index (χ1n) is 10.5. The van der Waals surface area contributed by atoms with Crippen LogP contribution < -0.4 is 16.0 Å². The fraction of sp³-hybridized carbons (Fsp3) is 0.192. The van der Waals surface area contributed by atoms with Crippen LogP contribution in [0, 0.1) is 0 Å². The molecule has 3 aromatic carbocycles. The summed E-state index contributed by atoms with van der Waals surface area (Å²) in [6, 6.07) is 26.2. The molecule has 1 amide bonds. The van der Waals surface area contributed by atoms with E-state index >= 15 is 0 Å². The van der Waals surface area contributed by atoms with Crippen LogP contribution in [0.5, 0.6) is 0 Å². The molecule has 1 aliphatic carbocycles. The van der Waals surface area contributed by atoms with Gasteiger partial charge in [-0.2, -0.15) is 0 Å². The third-order valence-electron chi connectivity index (χ3n) is 6.12. The molecule has 1 spiro atoms. The van der Waals surface area contributed by atoms with Gasteiger partial charge in [0.1, 0.15) is 0 Å². The largest absolute Gasteiger partial charge is 0.356 e. The van der Waals surface area contributed by atoms with Gasteiger partial charge in [-0.1, -0.05) is 48.5 Å². The van der Waals surface area contributed by atoms with Crippen LogP contribution in [0.25, 0.3) is 5.57 Å². The minimum Gasteiger partial charge on any atom is -0.356 e. The molecule has 2 aliphatic rings. The first-order valence-corrected chi connectivity index (χ1v) is 10.5. The Bertz CT molecular complexity index is 1080. The van der Waals surface area contributed by atoms with E-state index in [0.29, 0.717) is 0 Å². The summed E-state index contributed by atoms with van der Waals surface area (Å²) in [6.45, 7) is 1.96. The van der Waals surface area contributed by atoms with Crippen LogP contribution in [0.4, 0.5) is 17.1 Å². The van der Waals surface area contributed by atoms with Crippen molar-refractivity contribution in [2.45, 2.75) is 18.3 Å². The van der Waals surface area contributed by atoms with Gasteiger partial charge in [0.25, 0.3) is 5.91 Å². The average molecular weight is 396 g/mol. The van der Waals surface area contributed by atoms with E-state index in [2.05, 4.69) is 40.2 Å². The zero-order chi connectivity index (χ0) is 20.4. The van der Waals surface area contributed by atoms with Crippen molar-refractivity contribution in [2.24, 2.45) is 0 Å². The number of para-hydroxylation sites is 1. The second-order valence-electron chi connectivity index (χ2n) is 8.03. The van der Waals surface area contributed by atoms with Gasteiger partial charge in [-0.3, -0.25) is 4.79 Å². The number of carbonyl (C=O) groups excluding carboxylic acids is 1. The van der Waals surface area contributed by atoms with E-state index in [-0.39, 0.29) is 11.3 Å². The number of piperidine rings is 1. The van der Waals surface area contributed by atoms with Crippen molar-refractivity contribution in [3.63, 3.8) is 0 Å². The number of anilines is 3. The van der Waals surface area contributed by atoms with Gasteiger partial charge in [-0.25, -0.2) is 0 Å². The molecule has 4 nitrogen and oxygen atoms in total. The van der Waals surface area contributed by atoms with Gasteiger partial charge in [0.2, 0.25) is 0 Å². The van der Waals surface area contributed by atoms with Crippen molar-refractivity contribution in [1.82, 2.24) is 5.32 Å². The number of hydrogen-bond donors (Lipinski definition) is 3. The molecule has 0 radical (unpaired) electrons. The molecule has 0 saturated carbocycles. The summed E-state index contributed by atoms with van der Waals surface area (Å²) in [4.78, 5) is 13.2. The monoisotopic (exact) mass is 395 g/mol. The van der Waals surface area contributed by atoms with Crippen LogP contribution in [0.3, 0.4) is 0 Å². The molecule has 0 aromatic heterocycles. The Balaban J connectivity index is 1.34. The minimum absolute atomic E-state index is 0.0159. The highest BCUT2D eigenvalue weighted by Gasteiger charge is 2.40. The molecule has 3 N–H and O–H groups in total. The predicted molar refractivity (Wildman–Crippen MR) is 123 cm³/mol. The molecule has 1 saturated heterocycles. The third-order valence-corrected chi connectivity index (χ3v) is 6.12. The normalized spacial score (nSPS) is 16.6. The lowest BCUT2D eigenvalue weighted by atomic mass is 9.75. The Labute approximate surface area is 177 Å². The van der Waals surface area contributed by atoms with Crippen molar-refractivity contribution in [2.75, 3.05) is 23.7 Å². The second kappa shape index (κ2) is 7.81. The molecule has 1 heterocycles. The Morgan fingerprint density at radius 1 is 0.767 bits per heavy atom. The predicted octanol–water partition coefficient (Wildman–Crippen LogP) is 5.09. The number of hydrogen-bond acceptors (Lipinski definition) is 3. The topological polar surface area (TPSA) is 53.2 Å². The van der Waals surface area contributed by atoms with Crippen molar-refractivity contribution in [3.8, 4) is 0 Å². The van der Waals surface area contributed by atoms with Gasteiger partial charge in [-0.15, -0.1) is 0 Å². The van der Waals surface area contributed by atoms with Crippen LogP contribution in [0.2, 0.25) is 0 Å². The van der Waals surface area contributed by atoms with E-state index in [1.54, 1.807) is 0 Å². The van der Waals surface area contributed by atoms with Gasteiger partial charge < -0.3 is 16.0 Å². The lowest BCUT2D eigenvalue weighted by Gasteiger charge is -2.33. The number of rotatable bonds is 4. The minimum atomic E-state index is -0.0402. The van der Waals surface area contributed by atoms with Crippen LogP contribution >= 0.6 is 0 Å². The fourth-order valence-corrected chi connectivity index (χ4v) is 4.58. The number of nitrogens with one attached hydrogen (secondary N) is 3. The molecular formula is C26H25N3O. The zero-order valence-electron chi connectivity index (χ0n) is 16.8. The molecule has 0 bridgehead atoms. The molecule has 30 heavy (non-hydrogen) atoms. The zero-order valence-corrected chi connectivity index (χ0v) is 16.8. The average Bonchev–Trinajstić information content (AvgIpc) is 3.10. The summed E-state index contributed by atoms with van der Waals surface area (Å²) in [7, 11) is 0. The lowest BCUT2D eigenvalue weighted by molar-refractivity contribution is -0.111. The molecule has 5 rings (SSSR count). The van der Waals surface area contributed by atoms with Crippen LogP contribution in [0.15, 0.2) is 84.9 Å². The first-order chi connectivity index (χ1) is 14.7. The molecule has 1 fully saturated rings. The number of benzene rings is 3. The van der Waals surface area contributed by atoms with Crippen LogP contribution in [-0.2, 0) is 10.2 Å². The molecular weight excluding hydrogens is 370 g/mol. The van der Waals surface area contributed by atoms with Crippen molar-refractivity contribution >= 4 is 28.5 Å². The Hall–Kier alpha value is -3.37. The van der Waals surface area contributed by atoms with E-state index in [1.807, 2.05) is 60.7 Å². The molecule has 0 atom stereocenters. The quantitative estimate of drug-likeness (QED) is 0.577. The highest BCUT2D eigenvalue weighted by molar-refractivity contribution is 6.27. The summed E-state index contributed by atoms with van der Waals surface area (Å²) < 4.78 is 0. The summed E-state index contributed by atoms with van der Waals surface area (Å²) in [6.07, 6.45) is 4.26. The number of fused-ring (bicyclic) bond motifs is 2. The van der Waals surface area contributed by atoms with Gasteiger partial charge in [0.15, 0.2) is 0 Å². The van der Waals surface area contributed by atoms with Crippen molar-refractivity contribution in [1.29, 1.82) is 0 Å². The number of carbonyl (C=O) groups is 1. The Kier molecular flexibility index (Phi) is 4.85. The molecule has 1 aliphatic heterocycles. The molecule has 0 unspecified atom stereocenters. The van der Waals surface area contributed by atoms with E-state index in [9.17, 15) is 4.79 Å². The van der Waals surface area contributed by atoms with Gasteiger partial charge in [0.05, 0.1) is 0 Å². The molecule has 150 valence electrons. The van der Waals surface area contributed by atoms with E-state index in [1.165, 1.54) is 5.56 Å². The maximum absolute atomic E-state index is 13.2. The smallest absolute Gasteiger partial charge is 0.255 e. The summed E-state index contributed by atoms with van der Waals surface area (Å²) >= 11 is 0. The van der Waals surface area contributed by atoms with E-state index in [0.717, 1.165) is 54.1 Å². The van der Waals surface area contributed by atoms with Crippen LogP contribution in [0.1, 0.15) is 24.0 Å². The standard InChI is InChI=1S/C26H25N3O/c30-25(29-21-12-10-20(11-13-21)28-19-6-2-1-3-7-19)23-18-26(14-16-27-17-15-26)24-9-5-4-8-22(23)24/h1-13,18,27-28H,14-17H2,(H,29,30). The highest BCUT2D eigenvalue weighted by Crippen LogP contribution is 2.46. The molecule has 3 aromatic rings. The third kappa shape index (κ3) is 3.51. The van der Waals surface area contributed by atoms with Crippen molar-refractivity contribution in [3.05, 3.63) is 96.1 Å². The van der Waals surface area contributed by atoms with Crippen molar-refractivity contribution < 1.29 is 4.79 Å². The number of amides is 1. The maximum atomic E-state index is 13.2. The van der Waals surface area contributed by atoms with Crippen LogP contribution in [-0.4, -0.2) is 19.0 Å². The SMILES string of the molecule is O=C(Nc1ccc(Nc2ccccc2)cc1)C1=CC2(CCNCC2)c2ccccc21. The Morgan fingerprint density at radius 3 is 2.17 bits per heavy atom. The van der Waals surface area contributed by atoms with Gasteiger partial charge in [0, 0.05) is 28.1 Å². The fourth-order valence-electron chi connectivity index (χ4n) is 4.58. The summed E-state index contributed by atoms with van der Waals surface area (Å²) in [5.74, 6) is -0.0402. The second-order valence-corrected chi connectivity index (χ2v) is 8.03. The summed E-state index contributed by atoms with van der Waals surface area (Å²) in [5.41, 5.74) is 5.95. The summed E-state index contributed by atoms with van der Waals surface area (Å²) in [5, 5.41) is 9.89. The number of allylic oxidation sites excluding steroid dienone is 1.